The topological polar surface area (TPSA) is 118 Å². The largest absolute Gasteiger partial charge is 0.335 e. The Labute approximate surface area is 172 Å². The zero-order chi connectivity index (χ0) is 21.5. The van der Waals surface area contributed by atoms with Crippen molar-refractivity contribution in [2.45, 2.75) is 11.8 Å². The van der Waals surface area contributed by atoms with Crippen LogP contribution in [0.5, 0.6) is 0 Å². The molecule has 156 valence electrons. The molecule has 1 aliphatic rings. The second-order valence-electron chi connectivity index (χ2n) is 7.05. The van der Waals surface area contributed by atoms with Gasteiger partial charge in [0.25, 0.3) is 11.6 Å². The van der Waals surface area contributed by atoms with Crippen LogP contribution in [0.15, 0.2) is 53.7 Å². The number of amides is 1. The molecular formula is C19H19N5O5S. The molecule has 1 aliphatic heterocycles. The summed E-state index contributed by atoms with van der Waals surface area (Å²) in [6.07, 6.45) is 3.49. The molecule has 3 heterocycles. The van der Waals surface area contributed by atoms with Crippen LogP contribution in [0.2, 0.25) is 0 Å². The van der Waals surface area contributed by atoms with Crippen molar-refractivity contribution in [2.24, 2.45) is 0 Å². The third kappa shape index (κ3) is 3.64. The lowest BCUT2D eigenvalue weighted by molar-refractivity contribution is -0.385. The first-order valence-electron chi connectivity index (χ1n) is 9.25. The fourth-order valence-corrected chi connectivity index (χ4v) is 4.85. The van der Waals surface area contributed by atoms with E-state index >= 15 is 0 Å². The van der Waals surface area contributed by atoms with Crippen molar-refractivity contribution in [1.82, 2.24) is 18.6 Å². The standard InChI is InChI=1S/C19H19N5O5S/c1-14-5-6-22-13-17(20-18(22)11-14)19(25)21-7-9-23(10-8-21)30(28,29)16-4-2-3-15(12-16)24(26)27/h2-6,11-13H,7-10H2,1H3. The minimum atomic E-state index is -3.89. The molecule has 4 rings (SSSR count). The number of benzene rings is 1. The van der Waals surface area contributed by atoms with Crippen molar-refractivity contribution in [3.63, 3.8) is 0 Å². The SMILES string of the molecule is Cc1ccn2cc(C(=O)N3CCN(S(=O)(=O)c4cccc([N+](=O)[O-])c4)CC3)nc2c1. The molecule has 0 N–H and O–H groups in total. The number of non-ortho nitro benzene ring substituents is 1. The van der Waals surface area contributed by atoms with Gasteiger partial charge in [-0.1, -0.05) is 6.07 Å². The number of pyridine rings is 1. The van der Waals surface area contributed by atoms with Crippen LogP contribution in [0, 0.1) is 17.0 Å². The Hall–Kier alpha value is -3.31. The summed E-state index contributed by atoms with van der Waals surface area (Å²) in [6, 6.07) is 8.76. The molecular weight excluding hydrogens is 410 g/mol. The summed E-state index contributed by atoms with van der Waals surface area (Å²) in [5.74, 6) is -0.260. The lowest BCUT2D eigenvalue weighted by Crippen LogP contribution is -2.50. The van der Waals surface area contributed by atoms with E-state index in [2.05, 4.69) is 4.98 Å². The number of nitro groups is 1. The van der Waals surface area contributed by atoms with E-state index in [1.165, 1.54) is 22.5 Å². The first-order valence-corrected chi connectivity index (χ1v) is 10.7. The second kappa shape index (κ2) is 7.50. The Balaban J connectivity index is 1.48. The highest BCUT2D eigenvalue weighted by Gasteiger charge is 2.31. The molecule has 10 nitrogen and oxygen atoms in total. The molecule has 11 heteroatoms. The Morgan fingerprint density at radius 1 is 1.13 bits per heavy atom. The number of carbonyl (C=O) groups excluding carboxylic acids is 1. The third-order valence-electron chi connectivity index (χ3n) is 5.03. The zero-order valence-electron chi connectivity index (χ0n) is 16.1. The second-order valence-corrected chi connectivity index (χ2v) is 8.98. The highest BCUT2D eigenvalue weighted by atomic mass is 32.2. The minimum absolute atomic E-state index is 0.100. The lowest BCUT2D eigenvalue weighted by Gasteiger charge is -2.33. The maximum atomic E-state index is 12.8. The number of fused-ring (bicyclic) bond motifs is 1. The molecule has 0 spiro atoms. The van der Waals surface area contributed by atoms with Crippen molar-refractivity contribution in [3.05, 3.63) is 70.2 Å². The van der Waals surface area contributed by atoms with Gasteiger partial charge in [-0.3, -0.25) is 14.9 Å². The molecule has 1 amide bonds. The fourth-order valence-electron chi connectivity index (χ4n) is 3.39. The lowest BCUT2D eigenvalue weighted by atomic mass is 10.3. The number of aromatic nitrogens is 2. The van der Waals surface area contributed by atoms with Crippen molar-refractivity contribution < 1.29 is 18.1 Å². The van der Waals surface area contributed by atoms with E-state index in [0.717, 1.165) is 11.6 Å². The number of hydrogen-bond acceptors (Lipinski definition) is 6. The quantitative estimate of drug-likeness (QED) is 0.460. The van der Waals surface area contributed by atoms with Crippen molar-refractivity contribution in [3.8, 4) is 0 Å². The van der Waals surface area contributed by atoms with Crippen LogP contribution in [-0.4, -0.2) is 64.0 Å². The van der Waals surface area contributed by atoms with Crippen molar-refractivity contribution >= 4 is 27.3 Å². The third-order valence-corrected chi connectivity index (χ3v) is 6.92. The van der Waals surface area contributed by atoms with Gasteiger partial charge in [-0.25, -0.2) is 13.4 Å². The van der Waals surface area contributed by atoms with Gasteiger partial charge in [-0.05, 0) is 30.7 Å². The van der Waals surface area contributed by atoms with Crippen LogP contribution >= 0.6 is 0 Å². The molecule has 0 atom stereocenters. The number of aryl methyl sites for hydroxylation is 1. The van der Waals surface area contributed by atoms with Gasteiger partial charge in [0.2, 0.25) is 10.0 Å². The summed E-state index contributed by atoms with van der Waals surface area (Å²) < 4.78 is 28.7. The number of hydrogen-bond donors (Lipinski definition) is 0. The summed E-state index contributed by atoms with van der Waals surface area (Å²) >= 11 is 0. The monoisotopic (exact) mass is 429 g/mol. The van der Waals surface area contributed by atoms with E-state index < -0.39 is 14.9 Å². The molecule has 3 aromatic rings. The van der Waals surface area contributed by atoms with E-state index in [-0.39, 0.29) is 42.7 Å². The maximum absolute atomic E-state index is 12.8. The number of nitro benzene ring substituents is 1. The smallest absolute Gasteiger partial charge is 0.274 e. The minimum Gasteiger partial charge on any atom is -0.335 e. The summed E-state index contributed by atoms with van der Waals surface area (Å²) in [5.41, 5.74) is 1.72. The number of rotatable bonds is 4. The molecule has 0 unspecified atom stereocenters. The van der Waals surface area contributed by atoms with Crippen molar-refractivity contribution in [1.29, 1.82) is 0 Å². The predicted octanol–water partition coefficient (Wildman–Crippen LogP) is 1.70. The van der Waals surface area contributed by atoms with Gasteiger partial charge in [0.1, 0.15) is 11.3 Å². The molecule has 0 bridgehead atoms. The van der Waals surface area contributed by atoms with E-state index in [9.17, 15) is 23.3 Å². The number of piperazine rings is 1. The summed E-state index contributed by atoms with van der Waals surface area (Å²) in [7, 11) is -3.89. The van der Waals surface area contributed by atoms with Crippen LogP contribution in [0.25, 0.3) is 5.65 Å². The molecule has 1 fully saturated rings. The van der Waals surface area contributed by atoms with E-state index in [4.69, 9.17) is 0 Å². The average Bonchev–Trinajstić information content (AvgIpc) is 3.16. The number of carbonyl (C=O) groups is 1. The summed E-state index contributed by atoms with van der Waals surface area (Å²) in [5, 5.41) is 10.9. The van der Waals surface area contributed by atoms with Crippen LogP contribution < -0.4 is 0 Å². The first-order chi connectivity index (χ1) is 14.3. The summed E-state index contributed by atoms with van der Waals surface area (Å²) in [6.45, 7) is 2.56. The van der Waals surface area contributed by atoms with E-state index in [1.54, 1.807) is 15.5 Å². The Bertz CT molecular complexity index is 1250. The Morgan fingerprint density at radius 2 is 1.87 bits per heavy atom. The maximum Gasteiger partial charge on any atom is 0.274 e. The number of imidazole rings is 1. The molecule has 0 aliphatic carbocycles. The normalized spacial score (nSPS) is 15.4. The van der Waals surface area contributed by atoms with Gasteiger partial charge in [0.15, 0.2) is 0 Å². The van der Waals surface area contributed by atoms with Crippen LogP contribution in [-0.2, 0) is 10.0 Å². The highest BCUT2D eigenvalue weighted by Crippen LogP contribution is 2.22. The Morgan fingerprint density at radius 3 is 2.57 bits per heavy atom. The predicted molar refractivity (Wildman–Crippen MR) is 108 cm³/mol. The van der Waals surface area contributed by atoms with Crippen LogP contribution in [0.1, 0.15) is 16.1 Å². The van der Waals surface area contributed by atoms with E-state index in [0.29, 0.717) is 11.3 Å². The number of sulfonamides is 1. The average molecular weight is 429 g/mol. The molecule has 1 saturated heterocycles. The van der Waals surface area contributed by atoms with Crippen LogP contribution in [0.3, 0.4) is 0 Å². The fraction of sp³-hybridized carbons (Fsp3) is 0.263. The van der Waals surface area contributed by atoms with Crippen LogP contribution in [0.4, 0.5) is 5.69 Å². The van der Waals surface area contributed by atoms with Crippen molar-refractivity contribution in [2.75, 3.05) is 26.2 Å². The summed E-state index contributed by atoms with van der Waals surface area (Å²) in [4.78, 5) is 28.9. The van der Waals surface area contributed by atoms with Gasteiger partial charge in [-0.15, -0.1) is 0 Å². The molecule has 30 heavy (non-hydrogen) atoms. The van der Waals surface area contributed by atoms with Gasteiger partial charge in [-0.2, -0.15) is 4.31 Å². The molecule has 0 saturated carbocycles. The number of nitrogens with zero attached hydrogens (tertiary/aromatic N) is 5. The van der Waals surface area contributed by atoms with Gasteiger partial charge < -0.3 is 9.30 Å². The van der Waals surface area contributed by atoms with Gasteiger partial charge in [0, 0.05) is 50.7 Å². The molecule has 0 radical (unpaired) electrons. The first kappa shape index (κ1) is 20.0. The van der Waals surface area contributed by atoms with E-state index in [1.807, 2.05) is 25.3 Å². The van der Waals surface area contributed by atoms with Gasteiger partial charge >= 0.3 is 0 Å². The Kier molecular flexibility index (Phi) is 5.00. The highest BCUT2D eigenvalue weighted by molar-refractivity contribution is 7.89. The zero-order valence-corrected chi connectivity index (χ0v) is 16.9. The molecule has 2 aromatic heterocycles. The molecule has 1 aromatic carbocycles. The van der Waals surface area contributed by atoms with Gasteiger partial charge in [0.05, 0.1) is 9.82 Å².